The molecule has 0 spiro atoms. The van der Waals surface area contributed by atoms with Crippen LogP contribution in [0.4, 0.5) is 4.39 Å². The fraction of sp³-hybridized carbons (Fsp3) is 0.409. The summed E-state index contributed by atoms with van der Waals surface area (Å²) in [6.07, 6.45) is 2.55. The fourth-order valence-corrected chi connectivity index (χ4v) is 4.48. The van der Waals surface area contributed by atoms with E-state index in [4.69, 9.17) is 0 Å². The largest absolute Gasteiger partial charge is 0.342 e. The molecule has 0 aliphatic carbocycles. The number of hydrogen-bond donors (Lipinski definition) is 3. The summed E-state index contributed by atoms with van der Waals surface area (Å²) in [7, 11) is -0.545. The van der Waals surface area contributed by atoms with Crippen LogP contribution < -0.4 is 15.6 Å². The van der Waals surface area contributed by atoms with Crippen LogP contribution in [0, 0.1) is 12.7 Å². The van der Waals surface area contributed by atoms with Crippen LogP contribution in [0.2, 0.25) is 0 Å². The average molecular weight is 449 g/mol. The monoisotopic (exact) mass is 448 g/mol. The number of hydrogen-bond acceptors (Lipinski definition) is 5. The molecule has 9 heteroatoms. The summed E-state index contributed by atoms with van der Waals surface area (Å²) in [5.41, 5.74) is 8.67. The van der Waals surface area contributed by atoms with Gasteiger partial charge in [-0.1, -0.05) is 18.2 Å². The van der Waals surface area contributed by atoms with Gasteiger partial charge in [-0.15, -0.1) is 0 Å². The fourth-order valence-electron chi connectivity index (χ4n) is 3.72. The number of hydrazine groups is 1. The Balaban J connectivity index is 1.53. The van der Waals surface area contributed by atoms with Crippen molar-refractivity contribution in [3.63, 3.8) is 0 Å². The number of aryl methyl sites for hydroxylation is 1. The molecule has 7 nitrogen and oxygen atoms in total. The van der Waals surface area contributed by atoms with Crippen molar-refractivity contribution in [1.29, 1.82) is 0 Å². The van der Waals surface area contributed by atoms with Crippen LogP contribution in [-0.2, 0) is 10.0 Å². The van der Waals surface area contributed by atoms with E-state index in [1.807, 2.05) is 0 Å². The third kappa shape index (κ3) is 5.68. The Hall–Kier alpha value is -2.33. The molecule has 0 bridgehead atoms. The second kappa shape index (κ2) is 9.86. The molecule has 1 aliphatic heterocycles. The minimum atomic E-state index is -3.61. The number of benzene rings is 2. The van der Waals surface area contributed by atoms with E-state index in [9.17, 15) is 17.6 Å². The lowest BCUT2D eigenvalue weighted by atomic mass is 9.99. The summed E-state index contributed by atoms with van der Waals surface area (Å²) < 4.78 is 39.5. The number of nitrogens with zero attached hydrogens (tertiary/aromatic N) is 1. The van der Waals surface area contributed by atoms with Crippen molar-refractivity contribution in [2.75, 3.05) is 20.6 Å². The minimum absolute atomic E-state index is 0.0745. The van der Waals surface area contributed by atoms with Gasteiger partial charge in [0.1, 0.15) is 5.82 Å². The Kier molecular flexibility index (Phi) is 7.42. The maximum absolute atomic E-state index is 13.1. The summed E-state index contributed by atoms with van der Waals surface area (Å²) in [5.74, 6) is -0.448. The van der Waals surface area contributed by atoms with Gasteiger partial charge in [0.25, 0.3) is 5.91 Å². The van der Waals surface area contributed by atoms with Gasteiger partial charge in [0, 0.05) is 31.2 Å². The standard InChI is InChI=1S/C22H29FN4O3S/c1-15-6-11-19(31(29,30)24-2)14-20(15)22(28)27(3)12-4-5-18-13-21(26-25-18)16-7-9-17(23)10-8-16/h6-11,14,18,21,24-26H,4-5,12-13H2,1-3H3. The Bertz CT molecular complexity index is 1030. The van der Waals surface area contributed by atoms with Crippen molar-refractivity contribution < 1.29 is 17.6 Å². The van der Waals surface area contributed by atoms with Gasteiger partial charge in [0.05, 0.1) is 4.90 Å². The first-order chi connectivity index (χ1) is 14.7. The number of carbonyl (C=O) groups is 1. The molecule has 0 saturated carbocycles. The number of nitrogens with one attached hydrogen (secondary N) is 3. The molecule has 3 N–H and O–H groups in total. The molecule has 1 fully saturated rings. The highest BCUT2D eigenvalue weighted by atomic mass is 32.2. The summed E-state index contributed by atoms with van der Waals surface area (Å²) in [6, 6.07) is 11.4. The van der Waals surface area contributed by atoms with Crippen molar-refractivity contribution in [3.8, 4) is 0 Å². The van der Waals surface area contributed by atoms with Crippen LogP contribution in [0.25, 0.3) is 0 Å². The lowest BCUT2D eigenvalue weighted by molar-refractivity contribution is 0.0790. The quantitative estimate of drug-likeness (QED) is 0.577. The van der Waals surface area contributed by atoms with Gasteiger partial charge in [-0.2, -0.15) is 0 Å². The molecular formula is C22H29FN4O3S. The van der Waals surface area contributed by atoms with Crippen LogP contribution in [0.15, 0.2) is 47.4 Å². The van der Waals surface area contributed by atoms with E-state index in [0.29, 0.717) is 12.1 Å². The van der Waals surface area contributed by atoms with Crippen LogP contribution in [0.1, 0.15) is 46.8 Å². The van der Waals surface area contributed by atoms with E-state index < -0.39 is 10.0 Å². The molecule has 2 atom stereocenters. The number of sulfonamides is 1. The molecule has 2 aromatic rings. The molecule has 0 radical (unpaired) electrons. The maximum atomic E-state index is 13.1. The van der Waals surface area contributed by atoms with Gasteiger partial charge in [-0.25, -0.2) is 17.5 Å². The van der Waals surface area contributed by atoms with Crippen LogP contribution in [0.5, 0.6) is 0 Å². The molecule has 1 amide bonds. The summed E-state index contributed by atoms with van der Waals surface area (Å²) in [6.45, 7) is 2.35. The predicted octanol–water partition coefficient (Wildman–Crippen LogP) is 2.50. The van der Waals surface area contributed by atoms with Crippen molar-refractivity contribution in [2.24, 2.45) is 0 Å². The smallest absolute Gasteiger partial charge is 0.253 e. The highest BCUT2D eigenvalue weighted by Crippen LogP contribution is 2.24. The van der Waals surface area contributed by atoms with Crippen molar-refractivity contribution in [2.45, 2.75) is 43.2 Å². The summed E-state index contributed by atoms with van der Waals surface area (Å²) >= 11 is 0. The number of carbonyl (C=O) groups excluding carboxylic acids is 1. The SMILES string of the molecule is CNS(=O)(=O)c1ccc(C)c(C(=O)N(C)CCCC2CC(c3ccc(F)cc3)NN2)c1. The van der Waals surface area contributed by atoms with Crippen molar-refractivity contribution in [1.82, 2.24) is 20.5 Å². The molecule has 1 saturated heterocycles. The molecule has 1 aliphatic rings. The van der Waals surface area contributed by atoms with Gasteiger partial charge in [-0.05, 0) is 68.6 Å². The Morgan fingerprint density at radius 1 is 1.19 bits per heavy atom. The lowest BCUT2D eigenvalue weighted by Gasteiger charge is -2.20. The van der Waals surface area contributed by atoms with Crippen LogP contribution in [0.3, 0.4) is 0 Å². The van der Waals surface area contributed by atoms with E-state index in [1.54, 1.807) is 37.1 Å². The average Bonchev–Trinajstić information content (AvgIpc) is 3.22. The van der Waals surface area contributed by atoms with Crippen molar-refractivity contribution >= 4 is 15.9 Å². The second-order valence-electron chi connectivity index (χ2n) is 7.88. The lowest BCUT2D eigenvalue weighted by Crippen LogP contribution is -2.32. The zero-order valence-electron chi connectivity index (χ0n) is 18.0. The highest BCUT2D eigenvalue weighted by Gasteiger charge is 2.25. The Labute approximate surface area is 183 Å². The van der Waals surface area contributed by atoms with E-state index in [0.717, 1.165) is 30.4 Å². The maximum Gasteiger partial charge on any atom is 0.253 e. The third-order valence-electron chi connectivity index (χ3n) is 5.67. The molecule has 168 valence electrons. The predicted molar refractivity (Wildman–Crippen MR) is 117 cm³/mol. The molecule has 2 aromatic carbocycles. The first-order valence-corrected chi connectivity index (χ1v) is 11.8. The second-order valence-corrected chi connectivity index (χ2v) is 9.77. The minimum Gasteiger partial charge on any atom is -0.342 e. The molecule has 2 unspecified atom stereocenters. The Morgan fingerprint density at radius 3 is 2.58 bits per heavy atom. The van der Waals surface area contributed by atoms with Gasteiger partial charge >= 0.3 is 0 Å². The van der Waals surface area contributed by atoms with Crippen molar-refractivity contribution in [3.05, 3.63) is 65.0 Å². The van der Waals surface area contributed by atoms with E-state index >= 15 is 0 Å². The zero-order valence-corrected chi connectivity index (χ0v) is 18.8. The first-order valence-electron chi connectivity index (χ1n) is 10.3. The first kappa shape index (κ1) is 23.3. The normalized spacial score (nSPS) is 18.8. The third-order valence-corrected chi connectivity index (χ3v) is 7.08. The molecule has 0 aromatic heterocycles. The summed E-state index contributed by atoms with van der Waals surface area (Å²) in [4.78, 5) is 14.6. The van der Waals surface area contributed by atoms with E-state index in [1.165, 1.54) is 31.3 Å². The van der Waals surface area contributed by atoms with Gasteiger partial charge in [-0.3, -0.25) is 15.6 Å². The molecular weight excluding hydrogens is 419 g/mol. The van der Waals surface area contributed by atoms with Crippen LogP contribution in [-0.4, -0.2) is 45.9 Å². The molecule has 3 rings (SSSR count). The topological polar surface area (TPSA) is 90.5 Å². The van der Waals surface area contributed by atoms with Gasteiger partial charge in [0.2, 0.25) is 10.0 Å². The molecule has 31 heavy (non-hydrogen) atoms. The van der Waals surface area contributed by atoms with Gasteiger partial charge < -0.3 is 4.90 Å². The molecule has 1 heterocycles. The number of halogens is 1. The van der Waals surface area contributed by atoms with Gasteiger partial charge in [0.15, 0.2) is 0 Å². The van der Waals surface area contributed by atoms with Crippen LogP contribution >= 0.6 is 0 Å². The van der Waals surface area contributed by atoms with E-state index in [-0.39, 0.29) is 28.7 Å². The van der Waals surface area contributed by atoms with E-state index in [2.05, 4.69) is 15.6 Å². The zero-order chi connectivity index (χ0) is 22.6. The Morgan fingerprint density at radius 2 is 1.90 bits per heavy atom. The summed E-state index contributed by atoms with van der Waals surface area (Å²) in [5, 5.41) is 0. The highest BCUT2D eigenvalue weighted by molar-refractivity contribution is 7.89. The number of amides is 1. The number of rotatable bonds is 8.